The number of hydrogen-bond donors (Lipinski definition) is 2. The van der Waals surface area contributed by atoms with Crippen LogP contribution in [0, 0.1) is 0 Å². The summed E-state index contributed by atoms with van der Waals surface area (Å²) in [7, 11) is 0. The fourth-order valence-corrected chi connectivity index (χ4v) is 5.13. The van der Waals surface area contributed by atoms with E-state index < -0.39 is 5.91 Å². The first kappa shape index (κ1) is 24.9. The molecule has 1 aliphatic heterocycles. The molecule has 1 saturated heterocycles. The maximum atomic E-state index is 13.6. The number of pyridine rings is 1. The number of H-pyrrole nitrogens is 1. The van der Waals surface area contributed by atoms with Crippen LogP contribution < -0.4 is 16.4 Å². The number of fused-ring (bicyclic) bond motifs is 1. The van der Waals surface area contributed by atoms with Crippen molar-refractivity contribution in [2.45, 2.75) is 70.9 Å². The second kappa shape index (κ2) is 11.4. The third kappa shape index (κ3) is 5.70. The van der Waals surface area contributed by atoms with Crippen LogP contribution in [0.25, 0.3) is 11.0 Å². The Labute approximate surface area is 205 Å². The molecule has 2 aromatic heterocycles. The number of anilines is 1. The predicted octanol–water partition coefficient (Wildman–Crippen LogP) is 4.33. The molecule has 0 radical (unpaired) electrons. The average molecular weight is 478 g/mol. The molecule has 35 heavy (non-hydrogen) atoms. The Balaban J connectivity index is 1.58. The van der Waals surface area contributed by atoms with Crippen molar-refractivity contribution in [2.75, 3.05) is 18.4 Å². The summed E-state index contributed by atoms with van der Waals surface area (Å²) in [6.45, 7) is 6.38. The number of amides is 1. The number of para-hydroxylation sites is 2. The number of nitrogens with zero attached hydrogens (tertiary/aromatic N) is 3. The quantitative estimate of drug-likeness (QED) is 0.447. The molecule has 0 bridgehead atoms. The lowest BCUT2D eigenvalue weighted by molar-refractivity contribution is 0.101. The average Bonchev–Trinajstić information content (AvgIpc) is 2.88. The second-order valence-electron chi connectivity index (χ2n) is 9.35. The zero-order valence-corrected chi connectivity index (χ0v) is 20.6. The highest BCUT2D eigenvalue weighted by Crippen LogP contribution is 2.27. The molecule has 1 atom stereocenters. The Morgan fingerprint density at radius 2 is 1.89 bits per heavy atom. The van der Waals surface area contributed by atoms with Gasteiger partial charge in [-0.2, -0.15) is 0 Å². The summed E-state index contributed by atoms with van der Waals surface area (Å²) >= 11 is 0. The molecular formula is C27H35N5O3. The van der Waals surface area contributed by atoms with Crippen molar-refractivity contribution < 1.29 is 4.79 Å². The third-order valence-electron chi connectivity index (χ3n) is 7.04. The molecule has 1 fully saturated rings. The van der Waals surface area contributed by atoms with Gasteiger partial charge in [0.1, 0.15) is 0 Å². The summed E-state index contributed by atoms with van der Waals surface area (Å²) < 4.78 is 1.78. The SMILES string of the molecule is CCCCCC(CC)N1CCC(n2c(=O)c(C(=O)Nc3ccc(=O)[nH]c3)nc3ccccc32)CC1. The van der Waals surface area contributed by atoms with Crippen molar-refractivity contribution >= 4 is 22.6 Å². The molecule has 1 aliphatic rings. The van der Waals surface area contributed by atoms with Crippen LogP contribution in [0.4, 0.5) is 5.69 Å². The van der Waals surface area contributed by atoms with E-state index in [2.05, 4.69) is 34.0 Å². The summed E-state index contributed by atoms with van der Waals surface area (Å²) in [5.41, 5.74) is 0.995. The van der Waals surface area contributed by atoms with Gasteiger partial charge in [-0.1, -0.05) is 45.2 Å². The van der Waals surface area contributed by atoms with Gasteiger partial charge >= 0.3 is 0 Å². The molecule has 0 saturated carbocycles. The van der Waals surface area contributed by atoms with Crippen LogP contribution in [-0.4, -0.2) is 44.5 Å². The van der Waals surface area contributed by atoms with Gasteiger partial charge in [0, 0.05) is 37.4 Å². The smallest absolute Gasteiger partial charge is 0.282 e. The Kier molecular flexibility index (Phi) is 8.13. The largest absolute Gasteiger partial charge is 0.327 e. The molecule has 4 rings (SSSR count). The Morgan fingerprint density at radius 3 is 2.57 bits per heavy atom. The second-order valence-corrected chi connectivity index (χ2v) is 9.35. The summed E-state index contributed by atoms with van der Waals surface area (Å²) in [5.74, 6) is -0.582. The van der Waals surface area contributed by atoms with Crippen LogP contribution in [0.3, 0.4) is 0 Å². The molecule has 8 nitrogen and oxygen atoms in total. The zero-order chi connectivity index (χ0) is 24.8. The van der Waals surface area contributed by atoms with Crippen LogP contribution >= 0.6 is 0 Å². The van der Waals surface area contributed by atoms with Crippen molar-refractivity contribution in [2.24, 2.45) is 0 Å². The summed E-state index contributed by atoms with van der Waals surface area (Å²) in [6.07, 6.45) is 9.25. The molecule has 1 unspecified atom stereocenters. The highest BCUT2D eigenvalue weighted by molar-refractivity contribution is 6.03. The molecule has 3 heterocycles. The van der Waals surface area contributed by atoms with E-state index >= 15 is 0 Å². The fourth-order valence-electron chi connectivity index (χ4n) is 5.13. The van der Waals surface area contributed by atoms with Crippen LogP contribution in [0.2, 0.25) is 0 Å². The highest BCUT2D eigenvalue weighted by atomic mass is 16.2. The number of aromatic amines is 1. The van der Waals surface area contributed by atoms with Gasteiger partial charge in [-0.25, -0.2) is 4.98 Å². The number of hydrogen-bond acceptors (Lipinski definition) is 5. The lowest BCUT2D eigenvalue weighted by Crippen LogP contribution is -2.43. The highest BCUT2D eigenvalue weighted by Gasteiger charge is 2.28. The molecular weight excluding hydrogens is 442 g/mol. The lowest BCUT2D eigenvalue weighted by Gasteiger charge is -2.38. The van der Waals surface area contributed by atoms with E-state index in [1.54, 1.807) is 4.57 Å². The van der Waals surface area contributed by atoms with E-state index in [-0.39, 0.29) is 22.9 Å². The van der Waals surface area contributed by atoms with E-state index in [9.17, 15) is 14.4 Å². The van der Waals surface area contributed by atoms with Gasteiger partial charge in [0.05, 0.1) is 16.7 Å². The van der Waals surface area contributed by atoms with Crippen molar-refractivity contribution in [3.8, 4) is 0 Å². The Bertz CT molecular complexity index is 1250. The molecule has 186 valence electrons. The number of unbranched alkanes of at least 4 members (excludes halogenated alkanes) is 2. The minimum absolute atomic E-state index is 0.0134. The Morgan fingerprint density at radius 1 is 1.11 bits per heavy atom. The number of nitrogens with one attached hydrogen (secondary N) is 2. The van der Waals surface area contributed by atoms with Gasteiger partial charge in [-0.15, -0.1) is 0 Å². The van der Waals surface area contributed by atoms with Crippen molar-refractivity contribution in [1.82, 2.24) is 19.4 Å². The lowest BCUT2D eigenvalue weighted by atomic mass is 9.98. The molecule has 3 aromatic rings. The number of piperidine rings is 1. The van der Waals surface area contributed by atoms with Gasteiger partial charge in [-0.05, 0) is 43.9 Å². The fraction of sp³-hybridized carbons (Fsp3) is 0.481. The third-order valence-corrected chi connectivity index (χ3v) is 7.04. The summed E-state index contributed by atoms with van der Waals surface area (Å²) in [4.78, 5) is 47.4. The van der Waals surface area contributed by atoms with E-state index in [0.29, 0.717) is 17.2 Å². The number of aromatic nitrogens is 3. The molecule has 1 amide bonds. The first-order valence-corrected chi connectivity index (χ1v) is 12.8. The van der Waals surface area contributed by atoms with E-state index in [4.69, 9.17) is 0 Å². The number of benzene rings is 1. The predicted molar refractivity (Wildman–Crippen MR) is 139 cm³/mol. The summed E-state index contributed by atoms with van der Waals surface area (Å²) in [6, 6.07) is 10.9. The molecule has 1 aromatic carbocycles. The normalized spacial score (nSPS) is 15.8. The van der Waals surface area contributed by atoms with E-state index in [1.807, 2.05) is 24.3 Å². The standard InChI is InChI=1S/C27H35N5O3/c1-3-5-6-9-20(4-2)31-16-14-21(15-17-31)32-23-11-8-7-10-22(23)30-25(27(32)35)26(34)29-19-12-13-24(33)28-18-19/h7-8,10-13,18,20-21H,3-6,9,14-17H2,1-2H3,(H,28,33)(H,29,34). The van der Waals surface area contributed by atoms with Gasteiger partial charge < -0.3 is 19.8 Å². The van der Waals surface area contributed by atoms with E-state index in [1.165, 1.54) is 44.0 Å². The maximum absolute atomic E-state index is 13.6. The Hall–Kier alpha value is -3.26. The van der Waals surface area contributed by atoms with Crippen LogP contribution in [-0.2, 0) is 0 Å². The minimum atomic E-state index is -0.582. The van der Waals surface area contributed by atoms with Crippen LogP contribution in [0.15, 0.2) is 52.2 Å². The van der Waals surface area contributed by atoms with Gasteiger partial charge in [0.15, 0.2) is 5.69 Å². The van der Waals surface area contributed by atoms with Crippen molar-refractivity contribution in [1.29, 1.82) is 0 Å². The maximum Gasteiger partial charge on any atom is 0.282 e. The number of carbonyl (C=O) groups excluding carboxylic acids is 1. The van der Waals surface area contributed by atoms with Crippen LogP contribution in [0.1, 0.15) is 75.3 Å². The minimum Gasteiger partial charge on any atom is -0.327 e. The van der Waals surface area contributed by atoms with Gasteiger partial charge in [-0.3, -0.25) is 14.4 Å². The molecule has 8 heteroatoms. The number of rotatable bonds is 9. The molecule has 0 aliphatic carbocycles. The number of carbonyl (C=O) groups is 1. The topological polar surface area (TPSA) is 100 Å². The van der Waals surface area contributed by atoms with Crippen LogP contribution in [0.5, 0.6) is 0 Å². The van der Waals surface area contributed by atoms with E-state index in [0.717, 1.165) is 37.9 Å². The monoisotopic (exact) mass is 477 g/mol. The van der Waals surface area contributed by atoms with Gasteiger partial charge in [0.2, 0.25) is 5.56 Å². The van der Waals surface area contributed by atoms with Crippen molar-refractivity contribution in [3.05, 3.63) is 69.0 Å². The van der Waals surface area contributed by atoms with Gasteiger partial charge in [0.25, 0.3) is 11.5 Å². The first-order valence-electron chi connectivity index (χ1n) is 12.8. The number of likely N-dealkylation sites (tertiary alicyclic amines) is 1. The molecule has 0 spiro atoms. The summed E-state index contributed by atoms with van der Waals surface area (Å²) in [5, 5.41) is 2.68. The van der Waals surface area contributed by atoms with Crippen molar-refractivity contribution in [3.63, 3.8) is 0 Å². The first-order chi connectivity index (χ1) is 17.0. The molecule has 2 N–H and O–H groups in total. The zero-order valence-electron chi connectivity index (χ0n) is 20.6.